The smallest absolute Gasteiger partial charge is 0.310 e. The van der Waals surface area contributed by atoms with Gasteiger partial charge >= 0.3 is 6.08 Å². The maximum absolute atomic E-state index is 13.3. The van der Waals surface area contributed by atoms with Gasteiger partial charge in [0.25, 0.3) is 0 Å². The second-order valence-corrected chi connectivity index (χ2v) is 5.91. The Kier molecular flexibility index (Phi) is 4.22. The molecule has 1 N–H and O–H groups in total. The highest BCUT2D eigenvalue weighted by molar-refractivity contribution is 5.46. The van der Waals surface area contributed by atoms with Gasteiger partial charge in [-0.25, -0.2) is 4.98 Å². The number of hydrogen-bond acceptors (Lipinski definition) is 4. The standard InChI is InChI=1S/C17H21FN4/c1-12-3-5-14(6-4-12)20-15-7-9-22(10-8-15)16-11-13(2)19-17(18)21-16/h3-6,11,15,20H,7-10H2,1-2H3. The van der Waals surface area contributed by atoms with E-state index in [2.05, 4.69) is 51.4 Å². The highest BCUT2D eigenvalue weighted by Gasteiger charge is 2.20. The summed E-state index contributed by atoms with van der Waals surface area (Å²) in [6.45, 7) is 5.63. The monoisotopic (exact) mass is 300 g/mol. The van der Waals surface area contributed by atoms with Crippen LogP contribution < -0.4 is 10.2 Å². The number of rotatable bonds is 3. The van der Waals surface area contributed by atoms with Crippen molar-refractivity contribution in [3.63, 3.8) is 0 Å². The number of nitrogens with one attached hydrogen (secondary N) is 1. The summed E-state index contributed by atoms with van der Waals surface area (Å²) in [5.41, 5.74) is 3.09. The molecule has 2 aromatic rings. The highest BCUT2D eigenvalue weighted by Crippen LogP contribution is 2.21. The minimum absolute atomic E-state index is 0.451. The van der Waals surface area contributed by atoms with Crippen molar-refractivity contribution in [2.24, 2.45) is 0 Å². The van der Waals surface area contributed by atoms with Crippen molar-refractivity contribution in [1.82, 2.24) is 9.97 Å². The molecule has 22 heavy (non-hydrogen) atoms. The van der Waals surface area contributed by atoms with Gasteiger partial charge in [-0.1, -0.05) is 17.7 Å². The quantitative estimate of drug-likeness (QED) is 0.883. The maximum Gasteiger partial charge on any atom is 0.310 e. The van der Waals surface area contributed by atoms with Crippen LogP contribution in [0.25, 0.3) is 0 Å². The third kappa shape index (κ3) is 3.53. The number of aromatic nitrogens is 2. The van der Waals surface area contributed by atoms with Crippen molar-refractivity contribution in [2.45, 2.75) is 32.7 Å². The summed E-state index contributed by atoms with van der Waals surface area (Å²) in [6, 6.07) is 10.8. The first-order valence-corrected chi connectivity index (χ1v) is 7.69. The Morgan fingerprint density at radius 2 is 1.77 bits per heavy atom. The Bertz CT molecular complexity index is 613. The second-order valence-electron chi connectivity index (χ2n) is 5.91. The van der Waals surface area contributed by atoms with E-state index < -0.39 is 6.08 Å². The van der Waals surface area contributed by atoms with Gasteiger partial charge in [0.2, 0.25) is 0 Å². The highest BCUT2D eigenvalue weighted by atomic mass is 19.1. The topological polar surface area (TPSA) is 41.0 Å². The van der Waals surface area contributed by atoms with Gasteiger partial charge < -0.3 is 10.2 Å². The van der Waals surface area contributed by atoms with Crippen LogP contribution in [0.3, 0.4) is 0 Å². The number of hydrogen-bond donors (Lipinski definition) is 1. The van der Waals surface area contributed by atoms with Crippen LogP contribution in [0.15, 0.2) is 30.3 Å². The lowest BCUT2D eigenvalue weighted by Crippen LogP contribution is -2.39. The fourth-order valence-electron chi connectivity index (χ4n) is 2.82. The molecule has 1 saturated heterocycles. The molecule has 0 bridgehead atoms. The van der Waals surface area contributed by atoms with Crippen molar-refractivity contribution in [3.05, 3.63) is 47.7 Å². The molecule has 116 valence electrons. The molecule has 1 aliphatic rings. The molecule has 1 aromatic carbocycles. The minimum Gasteiger partial charge on any atom is -0.382 e. The molecule has 0 spiro atoms. The molecule has 0 unspecified atom stereocenters. The second kappa shape index (κ2) is 6.30. The van der Waals surface area contributed by atoms with Crippen molar-refractivity contribution >= 4 is 11.5 Å². The first-order valence-electron chi connectivity index (χ1n) is 7.69. The normalized spacial score (nSPS) is 15.9. The first kappa shape index (κ1) is 14.8. The Morgan fingerprint density at radius 1 is 1.09 bits per heavy atom. The van der Waals surface area contributed by atoms with Crippen LogP contribution in [0.4, 0.5) is 15.9 Å². The average molecular weight is 300 g/mol. The molecule has 1 aliphatic heterocycles. The average Bonchev–Trinajstić information content (AvgIpc) is 2.49. The summed E-state index contributed by atoms with van der Waals surface area (Å²) in [5.74, 6) is 0.693. The van der Waals surface area contributed by atoms with E-state index in [-0.39, 0.29) is 0 Å². The van der Waals surface area contributed by atoms with Crippen LogP contribution in [0.5, 0.6) is 0 Å². The van der Waals surface area contributed by atoms with E-state index in [1.54, 1.807) is 6.92 Å². The largest absolute Gasteiger partial charge is 0.382 e. The Morgan fingerprint density at radius 3 is 2.41 bits per heavy atom. The van der Waals surface area contributed by atoms with E-state index in [0.717, 1.165) is 31.6 Å². The molecule has 1 aromatic heterocycles. The molecular weight excluding hydrogens is 279 g/mol. The summed E-state index contributed by atoms with van der Waals surface area (Å²) in [4.78, 5) is 9.72. The third-order valence-corrected chi connectivity index (χ3v) is 4.05. The zero-order valence-electron chi connectivity index (χ0n) is 13.0. The minimum atomic E-state index is -0.644. The predicted octanol–water partition coefficient (Wildman–Crippen LogP) is 3.31. The summed E-state index contributed by atoms with van der Waals surface area (Å²) in [7, 11) is 0. The molecule has 4 nitrogen and oxygen atoms in total. The molecule has 3 rings (SSSR count). The molecule has 0 saturated carbocycles. The van der Waals surface area contributed by atoms with E-state index >= 15 is 0 Å². The van der Waals surface area contributed by atoms with E-state index in [0.29, 0.717) is 17.6 Å². The van der Waals surface area contributed by atoms with Gasteiger partial charge in [0.05, 0.1) is 0 Å². The Hall–Kier alpha value is -2.17. The van der Waals surface area contributed by atoms with Crippen molar-refractivity contribution in [1.29, 1.82) is 0 Å². The van der Waals surface area contributed by atoms with Gasteiger partial charge in [-0.2, -0.15) is 9.37 Å². The van der Waals surface area contributed by atoms with Crippen LogP contribution in [0.2, 0.25) is 0 Å². The lowest BCUT2D eigenvalue weighted by Gasteiger charge is -2.33. The van der Waals surface area contributed by atoms with Crippen molar-refractivity contribution in [3.8, 4) is 0 Å². The fourth-order valence-corrected chi connectivity index (χ4v) is 2.82. The maximum atomic E-state index is 13.3. The summed E-state index contributed by atoms with van der Waals surface area (Å²) in [6.07, 6.45) is 1.38. The van der Waals surface area contributed by atoms with E-state index in [9.17, 15) is 4.39 Å². The van der Waals surface area contributed by atoms with Crippen LogP contribution in [0.1, 0.15) is 24.1 Å². The van der Waals surface area contributed by atoms with Gasteiger partial charge in [0.15, 0.2) is 0 Å². The van der Waals surface area contributed by atoms with Crippen LogP contribution in [0, 0.1) is 19.9 Å². The lowest BCUT2D eigenvalue weighted by atomic mass is 10.0. The summed E-state index contributed by atoms with van der Waals surface area (Å²) in [5, 5.41) is 3.57. The number of aryl methyl sites for hydroxylation is 2. The van der Waals surface area contributed by atoms with Gasteiger partial charge in [0.1, 0.15) is 5.82 Å². The SMILES string of the molecule is Cc1ccc(NC2CCN(c3cc(C)nc(F)n3)CC2)cc1. The molecular formula is C17H21FN4. The van der Waals surface area contributed by atoms with Gasteiger partial charge in [-0.05, 0) is 38.8 Å². The summed E-state index contributed by atoms with van der Waals surface area (Å²) >= 11 is 0. The molecule has 0 amide bonds. The molecule has 5 heteroatoms. The molecule has 2 heterocycles. The number of nitrogens with zero attached hydrogens (tertiary/aromatic N) is 3. The van der Waals surface area contributed by atoms with Crippen LogP contribution in [-0.4, -0.2) is 29.1 Å². The van der Waals surface area contributed by atoms with E-state index in [1.807, 2.05) is 6.07 Å². The zero-order chi connectivity index (χ0) is 15.5. The number of anilines is 2. The van der Waals surface area contributed by atoms with Crippen LogP contribution in [-0.2, 0) is 0 Å². The van der Waals surface area contributed by atoms with Gasteiger partial charge in [0, 0.05) is 36.6 Å². The third-order valence-electron chi connectivity index (χ3n) is 4.05. The molecule has 0 atom stereocenters. The molecule has 0 aliphatic carbocycles. The zero-order valence-corrected chi connectivity index (χ0v) is 13.0. The lowest BCUT2D eigenvalue weighted by molar-refractivity contribution is 0.505. The van der Waals surface area contributed by atoms with Gasteiger partial charge in [-0.3, -0.25) is 0 Å². The fraction of sp³-hybridized carbons (Fsp3) is 0.412. The predicted molar refractivity (Wildman–Crippen MR) is 86.8 cm³/mol. The van der Waals surface area contributed by atoms with Crippen LogP contribution >= 0.6 is 0 Å². The van der Waals surface area contributed by atoms with E-state index in [4.69, 9.17) is 0 Å². The van der Waals surface area contributed by atoms with Crippen molar-refractivity contribution < 1.29 is 4.39 Å². The van der Waals surface area contributed by atoms with Gasteiger partial charge in [-0.15, -0.1) is 0 Å². The number of piperidine rings is 1. The number of halogens is 1. The molecule has 1 fully saturated rings. The Balaban J connectivity index is 1.59. The van der Waals surface area contributed by atoms with E-state index in [1.165, 1.54) is 5.56 Å². The summed E-state index contributed by atoms with van der Waals surface area (Å²) < 4.78 is 13.3. The first-order chi connectivity index (χ1) is 10.6. The number of benzene rings is 1. The van der Waals surface area contributed by atoms with Crippen molar-refractivity contribution in [2.75, 3.05) is 23.3 Å². The Labute approximate surface area is 130 Å². The molecule has 0 radical (unpaired) electrons.